The van der Waals surface area contributed by atoms with E-state index in [1.165, 1.54) is 0 Å². The molecule has 1 aliphatic heterocycles. The molecule has 8 heteroatoms. The van der Waals surface area contributed by atoms with Crippen molar-refractivity contribution in [2.45, 2.75) is 19.4 Å². The summed E-state index contributed by atoms with van der Waals surface area (Å²) in [5.74, 6) is 1.81. The van der Waals surface area contributed by atoms with Crippen LogP contribution in [-0.4, -0.2) is 30.1 Å². The van der Waals surface area contributed by atoms with Crippen molar-refractivity contribution < 1.29 is 9.53 Å². The van der Waals surface area contributed by atoms with Gasteiger partial charge in [-0.2, -0.15) is 0 Å². The number of rotatable bonds is 5. The molecule has 2 heterocycles. The van der Waals surface area contributed by atoms with E-state index in [0.29, 0.717) is 17.4 Å². The van der Waals surface area contributed by atoms with E-state index in [4.69, 9.17) is 10.5 Å². The van der Waals surface area contributed by atoms with Crippen LogP contribution < -0.4 is 21.1 Å². The molecular weight excluding hydrogens is 446 g/mol. The molecule has 2 amide bonds. The van der Waals surface area contributed by atoms with Gasteiger partial charge in [0.1, 0.15) is 5.75 Å². The van der Waals surface area contributed by atoms with Gasteiger partial charge in [0.05, 0.1) is 29.8 Å². The van der Waals surface area contributed by atoms with Crippen molar-refractivity contribution >= 4 is 50.1 Å². The van der Waals surface area contributed by atoms with Gasteiger partial charge >= 0.3 is 6.03 Å². The normalized spacial score (nSPS) is 16.2. The molecule has 0 bridgehead atoms. The van der Waals surface area contributed by atoms with Crippen LogP contribution in [0, 0.1) is 5.92 Å². The van der Waals surface area contributed by atoms with E-state index in [2.05, 4.69) is 48.4 Å². The molecule has 1 unspecified atom stereocenters. The number of hydrogen-bond donors (Lipinski definition) is 3. The highest BCUT2D eigenvalue weighted by Gasteiger charge is 2.17. The van der Waals surface area contributed by atoms with Crippen molar-refractivity contribution in [2.24, 2.45) is 16.6 Å². The molecular formula is C22H24BrN5O2. The summed E-state index contributed by atoms with van der Waals surface area (Å²) in [4.78, 5) is 16.9. The second-order valence-corrected chi connectivity index (χ2v) is 8.28. The van der Waals surface area contributed by atoms with Gasteiger partial charge in [-0.1, -0.05) is 22.0 Å². The number of aliphatic imine (C=N–C) groups is 1. The van der Waals surface area contributed by atoms with E-state index < -0.39 is 0 Å². The third kappa shape index (κ3) is 4.43. The Morgan fingerprint density at radius 2 is 2.10 bits per heavy atom. The van der Waals surface area contributed by atoms with Crippen LogP contribution in [0.3, 0.4) is 0 Å². The second-order valence-electron chi connectivity index (χ2n) is 7.36. The summed E-state index contributed by atoms with van der Waals surface area (Å²) >= 11 is 3.42. The molecule has 0 radical (unpaired) electrons. The lowest BCUT2D eigenvalue weighted by Crippen LogP contribution is -2.25. The summed E-state index contributed by atoms with van der Waals surface area (Å²) in [5, 5.41) is 6.80. The number of aromatic nitrogens is 1. The monoisotopic (exact) mass is 469 g/mol. The number of urea groups is 1. The van der Waals surface area contributed by atoms with Crippen LogP contribution in [0.25, 0.3) is 10.9 Å². The minimum absolute atomic E-state index is 0.331. The van der Waals surface area contributed by atoms with Gasteiger partial charge in [0.15, 0.2) is 0 Å². The number of carbonyl (C=O) groups is 1. The van der Waals surface area contributed by atoms with Crippen LogP contribution in [0.2, 0.25) is 0 Å². The largest absolute Gasteiger partial charge is 0.495 e. The Labute approximate surface area is 183 Å². The number of anilines is 2. The number of halogens is 1. The number of hydrogen-bond acceptors (Lipinski definition) is 4. The molecule has 0 saturated carbocycles. The Morgan fingerprint density at radius 1 is 1.27 bits per heavy atom. The smallest absolute Gasteiger partial charge is 0.323 e. The molecule has 0 fully saturated rings. The molecule has 2 aromatic carbocycles. The maximum atomic E-state index is 12.6. The first-order valence-corrected chi connectivity index (χ1v) is 10.6. The number of benzene rings is 2. The number of nitrogens with zero attached hydrogens (tertiary/aromatic N) is 2. The first kappa shape index (κ1) is 20.3. The second kappa shape index (κ2) is 8.79. The van der Waals surface area contributed by atoms with Gasteiger partial charge < -0.3 is 25.7 Å². The van der Waals surface area contributed by atoms with E-state index in [-0.39, 0.29) is 6.03 Å². The molecule has 1 atom stereocenters. The molecule has 4 rings (SSSR count). The number of amidine groups is 1. The quantitative estimate of drug-likeness (QED) is 0.499. The van der Waals surface area contributed by atoms with Crippen LogP contribution >= 0.6 is 15.9 Å². The van der Waals surface area contributed by atoms with E-state index >= 15 is 0 Å². The minimum Gasteiger partial charge on any atom is -0.495 e. The summed E-state index contributed by atoms with van der Waals surface area (Å²) in [5.41, 5.74) is 8.33. The summed E-state index contributed by atoms with van der Waals surface area (Å²) in [6.45, 7) is 1.67. The van der Waals surface area contributed by atoms with Crippen LogP contribution in [0.15, 0.2) is 58.1 Å². The number of fused-ring (bicyclic) bond motifs is 1. The molecule has 0 saturated heterocycles. The lowest BCUT2D eigenvalue weighted by Gasteiger charge is -2.21. The van der Waals surface area contributed by atoms with Crippen LogP contribution in [0.1, 0.15) is 12.8 Å². The van der Waals surface area contributed by atoms with Crippen molar-refractivity contribution in [3.63, 3.8) is 0 Å². The molecule has 3 aromatic rings. The van der Waals surface area contributed by atoms with Gasteiger partial charge in [-0.05, 0) is 48.7 Å². The lowest BCUT2D eigenvalue weighted by atomic mass is 9.98. The highest BCUT2D eigenvalue weighted by Crippen LogP contribution is 2.29. The average molecular weight is 470 g/mol. The van der Waals surface area contributed by atoms with Gasteiger partial charge in [-0.15, -0.1) is 0 Å². The summed E-state index contributed by atoms with van der Waals surface area (Å²) in [6, 6.07) is 13.1. The van der Waals surface area contributed by atoms with Gasteiger partial charge in [-0.3, -0.25) is 4.99 Å². The molecule has 7 nitrogen and oxygen atoms in total. The van der Waals surface area contributed by atoms with E-state index in [1.807, 2.05) is 24.3 Å². The maximum Gasteiger partial charge on any atom is 0.323 e. The van der Waals surface area contributed by atoms with Crippen molar-refractivity contribution in [3.8, 4) is 5.75 Å². The number of amides is 2. The number of carbonyl (C=O) groups excluding carboxylic acids is 1. The molecule has 156 valence electrons. The molecule has 1 aliphatic rings. The highest BCUT2D eigenvalue weighted by molar-refractivity contribution is 9.10. The van der Waals surface area contributed by atoms with Crippen molar-refractivity contribution in [1.29, 1.82) is 0 Å². The van der Waals surface area contributed by atoms with Crippen LogP contribution in [0.4, 0.5) is 16.2 Å². The molecule has 1 aromatic heterocycles. The number of ether oxygens (including phenoxy) is 1. The van der Waals surface area contributed by atoms with E-state index in [9.17, 15) is 4.79 Å². The summed E-state index contributed by atoms with van der Waals surface area (Å²) < 4.78 is 8.39. The van der Waals surface area contributed by atoms with E-state index in [0.717, 1.165) is 52.8 Å². The van der Waals surface area contributed by atoms with Crippen LogP contribution in [0.5, 0.6) is 5.75 Å². The zero-order chi connectivity index (χ0) is 21.1. The number of methoxy groups -OCH3 is 1. The fourth-order valence-electron chi connectivity index (χ4n) is 3.83. The van der Waals surface area contributed by atoms with Gasteiger partial charge in [-0.25, -0.2) is 4.79 Å². The fraction of sp³-hybridized carbons (Fsp3) is 0.273. The Bertz CT molecular complexity index is 1110. The Morgan fingerprint density at radius 3 is 2.90 bits per heavy atom. The standard InChI is InChI=1S/C22H24BrN5O2/c1-30-20-6-5-15(23)12-18(20)27-22(29)26-17-3-2-4-19-16(17)8-10-28(19)13-14-7-9-25-21(24)11-14/h2-6,8,10,12,14H,7,9,11,13H2,1H3,(H2,24,25)(H2,26,27,29). The summed E-state index contributed by atoms with van der Waals surface area (Å²) in [6.07, 6.45) is 3.93. The third-order valence-electron chi connectivity index (χ3n) is 5.28. The lowest BCUT2D eigenvalue weighted by molar-refractivity contribution is 0.262. The first-order valence-electron chi connectivity index (χ1n) is 9.81. The van der Waals surface area contributed by atoms with Crippen molar-refractivity contribution in [3.05, 3.63) is 53.1 Å². The topological polar surface area (TPSA) is 93.7 Å². The zero-order valence-electron chi connectivity index (χ0n) is 16.7. The van der Waals surface area contributed by atoms with E-state index in [1.54, 1.807) is 19.2 Å². The van der Waals surface area contributed by atoms with Crippen molar-refractivity contribution in [1.82, 2.24) is 4.57 Å². The molecule has 4 N–H and O–H groups in total. The van der Waals surface area contributed by atoms with Gasteiger partial charge in [0.2, 0.25) is 0 Å². The molecule has 30 heavy (non-hydrogen) atoms. The van der Waals surface area contributed by atoms with Gasteiger partial charge in [0.25, 0.3) is 0 Å². The zero-order valence-corrected chi connectivity index (χ0v) is 18.3. The Kier molecular flexibility index (Phi) is 5.94. The first-order chi connectivity index (χ1) is 14.5. The average Bonchev–Trinajstić information content (AvgIpc) is 3.12. The SMILES string of the molecule is COc1ccc(Br)cc1NC(=O)Nc1cccc2c1ccn2CC1CCN=C(N)C1. The number of nitrogens with one attached hydrogen (secondary N) is 2. The van der Waals surface area contributed by atoms with Crippen molar-refractivity contribution in [2.75, 3.05) is 24.3 Å². The third-order valence-corrected chi connectivity index (χ3v) is 5.77. The Balaban J connectivity index is 1.51. The fourth-order valence-corrected chi connectivity index (χ4v) is 4.19. The number of nitrogens with two attached hydrogens (primary N) is 1. The predicted octanol–water partition coefficient (Wildman–Crippen LogP) is 4.82. The summed E-state index contributed by atoms with van der Waals surface area (Å²) in [7, 11) is 1.57. The Hall–Kier alpha value is -3.00. The maximum absolute atomic E-state index is 12.6. The minimum atomic E-state index is -0.331. The van der Waals surface area contributed by atoms with Crippen LogP contribution in [-0.2, 0) is 6.54 Å². The highest BCUT2D eigenvalue weighted by atomic mass is 79.9. The predicted molar refractivity (Wildman–Crippen MR) is 124 cm³/mol. The van der Waals surface area contributed by atoms with Gasteiger partial charge in [0, 0.05) is 35.6 Å². The molecule has 0 aliphatic carbocycles. The molecule has 0 spiro atoms.